The van der Waals surface area contributed by atoms with Gasteiger partial charge < -0.3 is 0 Å². The molecule has 58 valence electrons. The summed E-state index contributed by atoms with van der Waals surface area (Å²) in [6.07, 6.45) is 12.2. The van der Waals surface area contributed by atoms with Crippen LogP contribution in [0.2, 0.25) is 0 Å². The minimum atomic E-state index is 1.30. The van der Waals surface area contributed by atoms with E-state index in [1.54, 1.807) is 5.57 Å². The minimum Gasteiger partial charge on any atom is -0.0853 e. The molecule has 0 heteroatoms. The van der Waals surface area contributed by atoms with E-state index in [1.807, 2.05) is 0 Å². The lowest BCUT2D eigenvalue weighted by molar-refractivity contribution is 0.595. The molecule has 0 saturated heterocycles. The van der Waals surface area contributed by atoms with Crippen LogP contribution >= 0.6 is 0 Å². The van der Waals surface area contributed by atoms with Gasteiger partial charge >= 0.3 is 0 Å². The summed E-state index contributed by atoms with van der Waals surface area (Å²) >= 11 is 0. The number of rotatable bonds is 2. The minimum absolute atomic E-state index is 1.30. The molecule has 1 aliphatic rings. The van der Waals surface area contributed by atoms with Gasteiger partial charge in [0.1, 0.15) is 0 Å². The number of hydrogen-bond donors (Lipinski definition) is 0. The first kappa shape index (κ1) is 7.84. The Morgan fingerprint density at radius 2 is 1.90 bits per heavy atom. The van der Waals surface area contributed by atoms with E-state index in [-0.39, 0.29) is 0 Å². The molecule has 10 heavy (non-hydrogen) atoms. The van der Waals surface area contributed by atoms with Crippen LogP contribution < -0.4 is 0 Å². The van der Waals surface area contributed by atoms with Crippen molar-refractivity contribution in [1.82, 2.24) is 0 Å². The molecule has 0 nitrogen and oxygen atoms in total. The van der Waals surface area contributed by atoms with Gasteiger partial charge in [0.25, 0.3) is 0 Å². The van der Waals surface area contributed by atoms with Gasteiger partial charge in [-0.15, -0.1) is 0 Å². The normalized spacial score (nSPS) is 19.1. The molecule has 0 aromatic heterocycles. The first-order chi connectivity index (χ1) is 4.93. The van der Waals surface area contributed by atoms with Gasteiger partial charge in [0, 0.05) is 0 Å². The van der Waals surface area contributed by atoms with Crippen molar-refractivity contribution in [1.29, 1.82) is 0 Å². The van der Waals surface area contributed by atoms with E-state index in [4.69, 9.17) is 0 Å². The van der Waals surface area contributed by atoms with E-state index >= 15 is 0 Å². The average Bonchev–Trinajstić information content (AvgIpc) is 2.03. The van der Waals surface area contributed by atoms with E-state index < -0.39 is 0 Å². The summed E-state index contributed by atoms with van der Waals surface area (Å²) in [5, 5.41) is 0. The standard InChI is InChI=1S/C10H18/c1-2-3-7-10-8-5-4-6-9-10/h7H,2-6,8-9H2,1H3. The quantitative estimate of drug-likeness (QED) is 0.511. The second-order valence-corrected chi connectivity index (χ2v) is 3.21. The largest absolute Gasteiger partial charge is 0.0853 e. The molecule has 1 rings (SSSR count). The Bertz CT molecular complexity index is 103. The molecule has 0 aromatic carbocycles. The molecule has 0 aromatic rings. The number of hydrogen-bond acceptors (Lipinski definition) is 0. The molecular weight excluding hydrogens is 120 g/mol. The van der Waals surface area contributed by atoms with Crippen molar-refractivity contribution in [3.63, 3.8) is 0 Å². The van der Waals surface area contributed by atoms with E-state index in [2.05, 4.69) is 13.0 Å². The second-order valence-electron chi connectivity index (χ2n) is 3.21. The second kappa shape index (κ2) is 4.54. The highest BCUT2D eigenvalue weighted by Gasteiger charge is 2.03. The molecule has 0 amide bonds. The molecule has 0 atom stereocenters. The molecule has 0 spiro atoms. The predicted molar refractivity (Wildman–Crippen MR) is 46.1 cm³/mol. The van der Waals surface area contributed by atoms with Crippen molar-refractivity contribution in [2.24, 2.45) is 0 Å². The van der Waals surface area contributed by atoms with Gasteiger partial charge in [-0.2, -0.15) is 0 Å². The maximum absolute atomic E-state index is 2.46. The van der Waals surface area contributed by atoms with Crippen molar-refractivity contribution in [2.45, 2.75) is 51.9 Å². The van der Waals surface area contributed by atoms with E-state index in [0.29, 0.717) is 0 Å². The van der Waals surface area contributed by atoms with Crippen molar-refractivity contribution in [3.8, 4) is 0 Å². The van der Waals surface area contributed by atoms with Crippen LogP contribution in [0, 0.1) is 0 Å². The molecule has 1 fully saturated rings. The molecule has 0 heterocycles. The van der Waals surface area contributed by atoms with Gasteiger partial charge in [-0.25, -0.2) is 0 Å². The number of allylic oxidation sites excluding steroid dienone is 2. The highest BCUT2D eigenvalue weighted by Crippen LogP contribution is 2.22. The fraction of sp³-hybridized carbons (Fsp3) is 0.800. The topological polar surface area (TPSA) is 0 Å². The van der Waals surface area contributed by atoms with Gasteiger partial charge in [0.15, 0.2) is 0 Å². The smallest absolute Gasteiger partial charge is 0.0320 e. The van der Waals surface area contributed by atoms with Gasteiger partial charge in [-0.05, 0) is 32.1 Å². The molecule has 0 radical (unpaired) electrons. The summed E-state index contributed by atoms with van der Waals surface area (Å²) in [6.45, 7) is 2.25. The third-order valence-electron chi connectivity index (χ3n) is 2.22. The SMILES string of the molecule is CCCC=C1CCCCC1. The van der Waals surface area contributed by atoms with Crippen LogP contribution in [0.4, 0.5) is 0 Å². The van der Waals surface area contributed by atoms with Crippen molar-refractivity contribution < 1.29 is 0 Å². The fourth-order valence-electron chi connectivity index (χ4n) is 1.56. The van der Waals surface area contributed by atoms with Crippen LogP contribution in [0.1, 0.15) is 51.9 Å². The van der Waals surface area contributed by atoms with Crippen molar-refractivity contribution >= 4 is 0 Å². The third-order valence-corrected chi connectivity index (χ3v) is 2.22. The van der Waals surface area contributed by atoms with Crippen molar-refractivity contribution in [2.75, 3.05) is 0 Å². The average molecular weight is 138 g/mol. The van der Waals surface area contributed by atoms with Crippen molar-refractivity contribution in [3.05, 3.63) is 11.6 Å². The third kappa shape index (κ3) is 2.55. The van der Waals surface area contributed by atoms with Gasteiger partial charge in [-0.1, -0.05) is 31.4 Å². The zero-order chi connectivity index (χ0) is 7.23. The van der Waals surface area contributed by atoms with Crippen LogP contribution in [0.3, 0.4) is 0 Å². The van der Waals surface area contributed by atoms with Crippen LogP contribution in [0.25, 0.3) is 0 Å². The van der Waals surface area contributed by atoms with Crippen LogP contribution in [-0.4, -0.2) is 0 Å². The summed E-state index contributed by atoms with van der Waals surface area (Å²) in [6, 6.07) is 0. The highest BCUT2D eigenvalue weighted by molar-refractivity contribution is 5.03. The fourth-order valence-corrected chi connectivity index (χ4v) is 1.56. The predicted octanol–water partition coefficient (Wildman–Crippen LogP) is 3.68. The molecule has 0 unspecified atom stereocenters. The summed E-state index contributed by atoms with van der Waals surface area (Å²) in [5.41, 5.74) is 1.73. The summed E-state index contributed by atoms with van der Waals surface area (Å²) in [4.78, 5) is 0. The van der Waals surface area contributed by atoms with Crippen LogP contribution in [0.15, 0.2) is 11.6 Å². The Hall–Kier alpha value is -0.260. The van der Waals surface area contributed by atoms with Gasteiger partial charge in [0.05, 0.1) is 0 Å². The van der Waals surface area contributed by atoms with E-state index in [1.165, 1.54) is 44.9 Å². The monoisotopic (exact) mass is 138 g/mol. The lowest BCUT2D eigenvalue weighted by Crippen LogP contribution is -1.92. The first-order valence-electron chi connectivity index (χ1n) is 4.61. The zero-order valence-electron chi connectivity index (χ0n) is 7.03. The van der Waals surface area contributed by atoms with Gasteiger partial charge in [-0.3, -0.25) is 0 Å². The molecule has 1 aliphatic carbocycles. The highest BCUT2D eigenvalue weighted by atomic mass is 14.1. The maximum Gasteiger partial charge on any atom is -0.0320 e. The van der Waals surface area contributed by atoms with Crippen LogP contribution in [-0.2, 0) is 0 Å². The summed E-state index contributed by atoms with van der Waals surface area (Å²) in [5.74, 6) is 0. The molecule has 0 aliphatic heterocycles. The molecular formula is C10H18. The summed E-state index contributed by atoms with van der Waals surface area (Å²) < 4.78 is 0. The summed E-state index contributed by atoms with van der Waals surface area (Å²) in [7, 11) is 0. The van der Waals surface area contributed by atoms with Gasteiger partial charge in [0.2, 0.25) is 0 Å². The lowest BCUT2D eigenvalue weighted by atomic mass is 9.94. The first-order valence-corrected chi connectivity index (χ1v) is 4.61. The lowest BCUT2D eigenvalue weighted by Gasteiger charge is -2.12. The molecule has 1 saturated carbocycles. The molecule has 0 N–H and O–H groups in total. The Kier molecular flexibility index (Phi) is 3.56. The Labute approximate surface area is 64.3 Å². The maximum atomic E-state index is 2.46. The van der Waals surface area contributed by atoms with Crippen LogP contribution in [0.5, 0.6) is 0 Å². The van der Waals surface area contributed by atoms with E-state index in [0.717, 1.165) is 0 Å². The Balaban J connectivity index is 2.23. The number of unbranched alkanes of at least 4 members (excludes halogenated alkanes) is 1. The Morgan fingerprint density at radius 3 is 2.50 bits per heavy atom. The molecule has 0 bridgehead atoms. The zero-order valence-corrected chi connectivity index (χ0v) is 7.03. The van der Waals surface area contributed by atoms with E-state index in [9.17, 15) is 0 Å². The Morgan fingerprint density at radius 1 is 1.20 bits per heavy atom.